The molecule has 0 spiro atoms. The fourth-order valence-corrected chi connectivity index (χ4v) is 1.16. The Morgan fingerprint density at radius 3 is 2.91 bits per heavy atom. The fourth-order valence-electron chi connectivity index (χ4n) is 0.686. The maximum atomic E-state index is 5.00. The van der Waals surface area contributed by atoms with Crippen molar-refractivity contribution >= 4 is 32.1 Å². The molecule has 1 heterocycles. The van der Waals surface area contributed by atoms with Gasteiger partial charge in [0.2, 0.25) is 0 Å². The van der Waals surface area contributed by atoms with Crippen molar-refractivity contribution in [2.45, 2.75) is 0 Å². The molecule has 5 heteroatoms. The van der Waals surface area contributed by atoms with Gasteiger partial charge in [-0.1, -0.05) is 0 Å². The summed E-state index contributed by atoms with van der Waals surface area (Å²) < 4.78 is 5.93. The number of ether oxygens (including phenoxy) is 1. The van der Waals surface area contributed by atoms with Crippen LogP contribution in [0.25, 0.3) is 0 Å². The number of rotatable bonds is 2. The topological polar surface area (TPSA) is 47.0 Å². The van der Waals surface area contributed by atoms with E-state index in [1.54, 1.807) is 20.4 Å². The average molecular weight is 257 g/mol. The van der Waals surface area contributed by atoms with E-state index in [4.69, 9.17) is 4.74 Å². The van der Waals surface area contributed by atoms with Gasteiger partial charge in [-0.2, -0.15) is 0 Å². The van der Waals surface area contributed by atoms with Crippen molar-refractivity contribution in [1.29, 1.82) is 0 Å². The van der Waals surface area contributed by atoms with E-state index in [0.717, 1.165) is 3.71 Å². The van der Waals surface area contributed by atoms with Gasteiger partial charge in [-0.15, -0.1) is 0 Å². The first-order valence-corrected chi connectivity index (χ1v) is 4.51. The van der Waals surface area contributed by atoms with Crippen LogP contribution in [0.1, 0.15) is 0 Å². The van der Waals surface area contributed by atoms with Crippen LogP contribution in [0, 0.1) is 0 Å². The summed E-state index contributed by atoms with van der Waals surface area (Å²) >= 11 is 1.24. The Kier molecular flexibility index (Phi) is 2.92. The van der Waals surface area contributed by atoms with E-state index in [0.29, 0.717) is 11.7 Å². The summed E-state index contributed by atoms with van der Waals surface area (Å²) in [6.07, 6.45) is 1.73. The van der Waals surface area contributed by atoms with Crippen molar-refractivity contribution in [3.63, 3.8) is 0 Å². The van der Waals surface area contributed by atoms with Crippen molar-refractivity contribution in [3.05, 3.63) is 6.20 Å². The van der Waals surface area contributed by atoms with Gasteiger partial charge in [-0.25, -0.2) is 0 Å². The van der Waals surface area contributed by atoms with Crippen LogP contribution in [-0.2, 0) is 0 Å². The Balaban J connectivity index is 3.06. The molecule has 1 aromatic heterocycles. The molecule has 0 bridgehead atoms. The zero-order chi connectivity index (χ0) is 8.27. The molecule has 11 heavy (non-hydrogen) atoms. The van der Waals surface area contributed by atoms with Crippen LogP contribution >= 0.6 is 0 Å². The summed E-state index contributed by atoms with van der Waals surface area (Å²) in [5.74, 6) is 1.24. The van der Waals surface area contributed by atoms with Gasteiger partial charge in [-0.3, -0.25) is 0 Å². The Hall–Kier alpha value is -0.521. The zero-order valence-electron chi connectivity index (χ0n) is 6.38. The molecule has 3 radical (unpaired) electrons. The number of methoxy groups -OCH3 is 1. The number of hydrogen-bond acceptors (Lipinski definition) is 4. The monoisotopic (exact) mass is 258 g/mol. The molecule has 0 saturated carbocycles. The van der Waals surface area contributed by atoms with Crippen molar-refractivity contribution < 1.29 is 4.74 Å². The van der Waals surface area contributed by atoms with Gasteiger partial charge in [0.1, 0.15) is 0 Å². The Bertz CT molecular complexity index is 254. The standard InChI is InChI=1S/C6H8N3O.Sn/c1-7-5-6(10-2)9-4-3-8-5;/h3H,1-2H3,(H,7,8);. The van der Waals surface area contributed by atoms with Crippen molar-refractivity contribution in [3.8, 4) is 5.88 Å². The second kappa shape index (κ2) is 3.75. The molecular weight excluding hydrogens is 249 g/mol. The van der Waals surface area contributed by atoms with E-state index in [1.165, 1.54) is 22.5 Å². The Morgan fingerprint density at radius 1 is 1.64 bits per heavy atom. The second-order valence-electron chi connectivity index (χ2n) is 1.86. The first-order chi connectivity index (χ1) is 5.27. The van der Waals surface area contributed by atoms with Crippen molar-refractivity contribution in [2.75, 3.05) is 19.5 Å². The SMILES string of the molecule is CNc1nc[c]([Sn])nc1OC. The first-order valence-electron chi connectivity index (χ1n) is 3.08. The molecule has 1 aromatic rings. The number of aromatic nitrogens is 2. The number of nitrogens with zero attached hydrogens (tertiary/aromatic N) is 2. The summed E-state index contributed by atoms with van der Waals surface area (Å²) in [5.41, 5.74) is 0. The van der Waals surface area contributed by atoms with E-state index in [-0.39, 0.29) is 0 Å². The molecule has 4 nitrogen and oxygen atoms in total. The van der Waals surface area contributed by atoms with E-state index in [9.17, 15) is 0 Å². The van der Waals surface area contributed by atoms with Crippen LogP contribution < -0.4 is 13.8 Å². The van der Waals surface area contributed by atoms with Crippen LogP contribution in [-0.4, -0.2) is 46.7 Å². The quantitative estimate of drug-likeness (QED) is 0.713. The maximum absolute atomic E-state index is 5.00. The summed E-state index contributed by atoms with van der Waals surface area (Å²) in [7, 11) is 3.37. The van der Waals surface area contributed by atoms with Gasteiger partial charge in [0.05, 0.1) is 0 Å². The molecule has 0 fully saturated rings. The fraction of sp³-hybridized carbons (Fsp3) is 0.333. The van der Waals surface area contributed by atoms with Crippen LogP contribution in [0.2, 0.25) is 0 Å². The summed E-state index contributed by atoms with van der Waals surface area (Å²) in [6, 6.07) is 0. The van der Waals surface area contributed by atoms with Gasteiger partial charge >= 0.3 is 78.3 Å². The van der Waals surface area contributed by atoms with Crippen molar-refractivity contribution in [1.82, 2.24) is 9.97 Å². The number of hydrogen-bond donors (Lipinski definition) is 1. The molecule has 0 unspecified atom stereocenters. The van der Waals surface area contributed by atoms with E-state index in [2.05, 4.69) is 15.3 Å². The minimum atomic E-state index is 0.557. The summed E-state index contributed by atoms with van der Waals surface area (Å²) in [4.78, 5) is 8.25. The molecule has 0 aliphatic rings. The van der Waals surface area contributed by atoms with Crippen LogP contribution in [0.4, 0.5) is 5.82 Å². The predicted octanol–water partition coefficient (Wildman–Crippen LogP) is -0.679. The molecule has 1 rings (SSSR count). The Labute approximate surface area is 78.5 Å². The van der Waals surface area contributed by atoms with Crippen molar-refractivity contribution in [2.24, 2.45) is 0 Å². The third kappa shape index (κ3) is 1.95. The van der Waals surface area contributed by atoms with E-state index >= 15 is 0 Å². The third-order valence-electron chi connectivity index (χ3n) is 1.17. The van der Waals surface area contributed by atoms with Crippen LogP contribution in [0.5, 0.6) is 5.88 Å². The predicted molar refractivity (Wildman–Crippen MR) is 43.5 cm³/mol. The molecule has 1 N–H and O–H groups in total. The second-order valence-corrected chi connectivity index (χ2v) is 3.33. The van der Waals surface area contributed by atoms with Crippen LogP contribution in [0.3, 0.4) is 0 Å². The molecule has 0 aliphatic heterocycles. The molecule has 57 valence electrons. The molecule has 0 atom stereocenters. The van der Waals surface area contributed by atoms with Crippen LogP contribution in [0.15, 0.2) is 6.20 Å². The minimum absolute atomic E-state index is 0.557. The van der Waals surface area contributed by atoms with E-state index in [1.807, 2.05) is 0 Å². The Morgan fingerprint density at radius 2 is 2.36 bits per heavy atom. The molecular formula is C6H8N3OSn. The van der Waals surface area contributed by atoms with Gasteiger partial charge in [0, 0.05) is 0 Å². The third-order valence-corrected chi connectivity index (χ3v) is 1.86. The summed E-state index contributed by atoms with van der Waals surface area (Å²) in [6.45, 7) is 0. The average Bonchev–Trinajstić information content (AvgIpc) is 2.04. The first kappa shape index (κ1) is 8.57. The van der Waals surface area contributed by atoms with Gasteiger partial charge in [-0.05, 0) is 0 Å². The van der Waals surface area contributed by atoms with Gasteiger partial charge in [0.25, 0.3) is 0 Å². The summed E-state index contributed by atoms with van der Waals surface area (Å²) in [5, 5.41) is 2.89. The van der Waals surface area contributed by atoms with Gasteiger partial charge in [0.15, 0.2) is 0 Å². The molecule has 0 saturated heterocycles. The molecule has 0 amide bonds. The normalized spacial score (nSPS) is 9.36. The molecule has 0 aliphatic carbocycles. The zero-order valence-corrected chi connectivity index (χ0v) is 9.23. The molecule has 0 aromatic carbocycles. The number of nitrogens with one attached hydrogen (secondary N) is 1. The van der Waals surface area contributed by atoms with Gasteiger partial charge < -0.3 is 0 Å². The van der Waals surface area contributed by atoms with E-state index < -0.39 is 0 Å². The number of anilines is 1.